The van der Waals surface area contributed by atoms with Gasteiger partial charge in [0, 0.05) is 13.1 Å². The van der Waals surface area contributed by atoms with Gasteiger partial charge in [0.1, 0.15) is 0 Å². The van der Waals surface area contributed by atoms with Gasteiger partial charge in [-0.3, -0.25) is 4.79 Å². The molecule has 1 aliphatic heterocycles. The Labute approximate surface area is 118 Å². The molecule has 0 bridgehead atoms. The van der Waals surface area contributed by atoms with E-state index >= 15 is 0 Å². The van der Waals surface area contributed by atoms with Gasteiger partial charge in [-0.15, -0.1) is 12.4 Å². The molecule has 1 rings (SSSR count). The Kier molecular flexibility index (Phi) is 8.62. The number of nitrogens with zero attached hydrogens (tertiary/aromatic N) is 1. The molecule has 1 aliphatic rings. The van der Waals surface area contributed by atoms with Crippen LogP contribution in [0.4, 0.5) is 0 Å². The molecule has 108 valence electrons. The zero-order chi connectivity index (χ0) is 12.8. The van der Waals surface area contributed by atoms with Gasteiger partial charge in [-0.1, -0.05) is 33.6 Å². The lowest BCUT2D eigenvalue weighted by Crippen LogP contribution is -2.50. The molecule has 3 nitrogen and oxygen atoms in total. The smallest absolute Gasteiger partial charge is 0.239 e. The predicted octanol–water partition coefficient (Wildman–Crippen LogP) is 2.82. The monoisotopic (exact) mass is 276 g/mol. The van der Waals surface area contributed by atoms with Gasteiger partial charge in [-0.05, 0) is 31.1 Å². The SMILES string of the molecule is CCCC1CCCN(C(=O)C(N)C(C)CC)C1.Cl. The Balaban J connectivity index is 0.00000289. The summed E-state index contributed by atoms with van der Waals surface area (Å²) in [4.78, 5) is 14.2. The van der Waals surface area contributed by atoms with Crippen LogP contribution in [-0.4, -0.2) is 29.9 Å². The Morgan fingerprint density at radius 1 is 1.44 bits per heavy atom. The van der Waals surface area contributed by atoms with Gasteiger partial charge < -0.3 is 10.6 Å². The van der Waals surface area contributed by atoms with Crippen molar-refractivity contribution in [1.82, 2.24) is 4.90 Å². The van der Waals surface area contributed by atoms with Gasteiger partial charge in [0.2, 0.25) is 5.91 Å². The van der Waals surface area contributed by atoms with Crippen molar-refractivity contribution < 1.29 is 4.79 Å². The van der Waals surface area contributed by atoms with Crippen molar-refractivity contribution in [1.29, 1.82) is 0 Å². The van der Waals surface area contributed by atoms with E-state index in [9.17, 15) is 4.79 Å². The summed E-state index contributed by atoms with van der Waals surface area (Å²) in [5.41, 5.74) is 6.03. The van der Waals surface area contributed by atoms with E-state index in [1.54, 1.807) is 0 Å². The average molecular weight is 277 g/mol. The molecule has 1 fully saturated rings. The molecule has 1 heterocycles. The van der Waals surface area contributed by atoms with E-state index in [0.717, 1.165) is 25.9 Å². The molecule has 0 radical (unpaired) electrons. The first-order valence-corrected chi connectivity index (χ1v) is 7.14. The van der Waals surface area contributed by atoms with Gasteiger partial charge in [-0.2, -0.15) is 0 Å². The molecule has 18 heavy (non-hydrogen) atoms. The topological polar surface area (TPSA) is 46.3 Å². The fraction of sp³-hybridized carbons (Fsp3) is 0.929. The number of carbonyl (C=O) groups excluding carboxylic acids is 1. The van der Waals surface area contributed by atoms with Crippen LogP contribution >= 0.6 is 12.4 Å². The molecule has 1 amide bonds. The minimum atomic E-state index is -0.305. The first-order chi connectivity index (χ1) is 8.10. The zero-order valence-electron chi connectivity index (χ0n) is 12.0. The van der Waals surface area contributed by atoms with E-state index in [1.807, 2.05) is 4.90 Å². The highest BCUT2D eigenvalue weighted by atomic mass is 35.5. The van der Waals surface area contributed by atoms with Crippen molar-refractivity contribution in [2.24, 2.45) is 17.6 Å². The van der Waals surface area contributed by atoms with Crippen LogP contribution in [0.25, 0.3) is 0 Å². The fourth-order valence-corrected chi connectivity index (χ4v) is 2.62. The van der Waals surface area contributed by atoms with Crippen LogP contribution in [0.1, 0.15) is 52.9 Å². The van der Waals surface area contributed by atoms with Gasteiger partial charge in [0.05, 0.1) is 6.04 Å². The minimum Gasteiger partial charge on any atom is -0.341 e. The highest BCUT2D eigenvalue weighted by molar-refractivity contribution is 5.85. The Morgan fingerprint density at radius 2 is 2.11 bits per heavy atom. The second-order valence-electron chi connectivity index (χ2n) is 5.49. The molecule has 0 aromatic carbocycles. The third-order valence-corrected chi connectivity index (χ3v) is 4.07. The largest absolute Gasteiger partial charge is 0.341 e. The standard InChI is InChI=1S/C14H28N2O.ClH/c1-4-7-12-8-6-9-16(10-12)14(17)13(15)11(3)5-2;/h11-13H,4-10,15H2,1-3H3;1H. The van der Waals surface area contributed by atoms with Gasteiger partial charge in [0.15, 0.2) is 0 Å². The fourth-order valence-electron chi connectivity index (χ4n) is 2.62. The van der Waals surface area contributed by atoms with E-state index in [1.165, 1.54) is 19.3 Å². The Morgan fingerprint density at radius 3 is 2.67 bits per heavy atom. The summed E-state index contributed by atoms with van der Waals surface area (Å²) >= 11 is 0. The molecule has 1 saturated heterocycles. The molecule has 0 aliphatic carbocycles. The van der Waals surface area contributed by atoms with E-state index in [0.29, 0.717) is 5.92 Å². The number of hydrogen-bond donors (Lipinski definition) is 1. The van der Waals surface area contributed by atoms with Crippen LogP contribution in [0, 0.1) is 11.8 Å². The maximum atomic E-state index is 12.2. The van der Waals surface area contributed by atoms with Crippen molar-refractivity contribution in [2.45, 2.75) is 58.9 Å². The number of halogens is 1. The summed E-state index contributed by atoms with van der Waals surface area (Å²) in [6, 6.07) is -0.305. The summed E-state index contributed by atoms with van der Waals surface area (Å²) in [6.45, 7) is 8.20. The summed E-state index contributed by atoms with van der Waals surface area (Å²) in [7, 11) is 0. The molecule has 0 spiro atoms. The van der Waals surface area contributed by atoms with Gasteiger partial charge in [-0.25, -0.2) is 0 Å². The minimum absolute atomic E-state index is 0. The van der Waals surface area contributed by atoms with Crippen molar-refractivity contribution >= 4 is 18.3 Å². The van der Waals surface area contributed by atoms with Crippen molar-refractivity contribution in [3.8, 4) is 0 Å². The number of amides is 1. The molecule has 0 saturated carbocycles. The highest BCUT2D eigenvalue weighted by Gasteiger charge is 2.28. The van der Waals surface area contributed by atoms with E-state index < -0.39 is 0 Å². The maximum absolute atomic E-state index is 12.2. The molecule has 4 heteroatoms. The summed E-state index contributed by atoms with van der Waals surface area (Å²) in [5, 5.41) is 0. The first kappa shape index (κ1) is 17.7. The number of nitrogens with two attached hydrogens (primary N) is 1. The molecule has 0 aromatic heterocycles. The number of piperidine rings is 1. The summed E-state index contributed by atoms with van der Waals surface area (Å²) < 4.78 is 0. The first-order valence-electron chi connectivity index (χ1n) is 7.14. The van der Waals surface area contributed by atoms with Crippen molar-refractivity contribution in [3.63, 3.8) is 0 Å². The number of rotatable bonds is 5. The molecule has 2 N–H and O–H groups in total. The van der Waals surface area contributed by atoms with Crippen LogP contribution in [0.3, 0.4) is 0 Å². The second-order valence-corrected chi connectivity index (χ2v) is 5.49. The van der Waals surface area contributed by atoms with Crippen molar-refractivity contribution in [2.75, 3.05) is 13.1 Å². The Bertz CT molecular complexity index is 246. The maximum Gasteiger partial charge on any atom is 0.239 e. The summed E-state index contributed by atoms with van der Waals surface area (Å²) in [6.07, 6.45) is 5.84. The van der Waals surface area contributed by atoms with E-state index in [-0.39, 0.29) is 30.3 Å². The molecule has 0 aromatic rings. The van der Waals surface area contributed by atoms with Crippen LogP contribution in [0.15, 0.2) is 0 Å². The Hall–Kier alpha value is -0.280. The van der Waals surface area contributed by atoms with E-state index in [2.05, 4.69) is 20.8 Å². The number of carbonyl (C=O) groups is 1. The van der Waals surface area contributed by atoms with E-state index in [4.69, 9.17) is 5.73 Å². The predicted molar refractivity (Wildman–Crippen MR) is 78.9 cm³/mol. The van der Waals surface area contributed by atoms with Gasteiger partial charge in [0.25, 0.3) is 0 Å². The van der Waals surface area contributed by atoms with Crippen LogP contribution in [0.5, 0.6) is 0 Å². The third kappa shape index (κ3) is 4.77. The lowest BCUT2D eigenvalue weighted by Gasteiger charge is -2.35. The van der Waals surface area contributed by atoms with Crippen LogP contribution < -0.4 is 5.73 Å². The number of hydrogen-bond acceptors (Lipinski definition) is 2. The average Bonchev–Trinajstić information content (AvgIpc) is 2.36. The molecule has 3 unspecified atom stereocenters. The zero-order valence-corrected chi connectivity index (χ0v) is 12.8. The molecular weight excluding hydrogens is 248 g/mol. The lowest BCUT2D eigenvalue weighted by atomic mass is 9.92. The van der Waals surface area contributed by atoms with Crippen LogP contribution in [0.2, 0.25) is 0 Å². The molecule has 3 atom stereocenters. The lowest BCUT2D eigenvalue weighted by molar-refractivity contribution is -0.135. The normalized spacial score (nSPS) is 23.1. The van der Waals surface area contributed by atoms with Crippen LogP contribution in [-0.2, 0) is 4.79 Å². The highest BCUT2D eigenvalue weighted by Crippen LogP contribution is 2.22. The second kappa shape index (κ2) is 8.76. The number of likely N-dealkylation sites (tertiary alicyclic amines) is 1. The third-order valence-electron chi connectivity index (χ3n) is 4.07. The quantitative estimate of drug-likeness (QED) is 0.839. The van der Waals surface area contributed by atoms with Gasteiger partial charge >= 0.3 is 0 Å². The molecular formula is C14H29ClN2O. The van der Waals surface area contributed by atoms with Crippen molar-refractivity contribution in [3.05, 3.63) is 0 Å². The summed E-state index contributed by atoms with van der Waals surface area (Å²) in [5.74, 6) is 1.15.